The molecule has 21 heavy (non-hydrogen) atoms. The van der Waals surface area contributed by atoms with Gasteiger partial charge >= 0.3 is 0 Å². The summed E-state index contributed by atoms with van der Waals surface area (Å²) in [6.07, 6.45) is 3.01. The van der Waals surface area contributed by atoms with Gasteiger partial charge in [-0.25, -0.2) is 0 Å². The average Bonchev–Trinajstić information content (AvgIpc) is 2.55. The quantitative estimate of drug-likeness (QED) is 0.861. The van der Waals surface area contributed by atoms with E-state index in [1.54, 1.807) is 0 Å². The molecule has 0 aromatic heterocycles. The third kappa shape index (κ3) is 3.18. The molecule has 1 atom stereocenters. The maximum atomic E-state index is 12.4. The van der Waals surface area contributed by atoms with Gasteiger partial charge in [-0.05, 0) is 49.1 Å². The van der Waals surface area contributed by atoms with Crippen LogP contribution in [-0.2, 0) is 4.79 Å². The summed E-state index contributed by atoms with van der Waals surface area (Å²) in [6.45, 7) is 3.57. The average molecular weight is 283 g/mol. The monoisotopic (exact) mass is 283 g/mol. The van der Waals surface area contributed by atoms with E-state index in [0.717, 1.165) is 37.1 Å². The third-order valence-corrected chi connectivity index (χ3v) is 4.05. The van der Waals surface area contributed by atoms with E-state index in [-0.39, 0.29) is 5.91 Å². The Bertz CT molecular complexity index is 632. The van der Waals surface area contributed by atoms with Crippen LogP contribution in [0.1, 0.15) is 26.2 Å². The molecule has 0 radical (unpaired) electrons. The second-order valence-electron chi connectivity index (χ2n) is 5.65. The zero-order chi connectivity index (χ0) is 14.7. The fraction of sp³-hybridized carbons (Fsp3) is 0.389. The Morgan fingerprint density at radius 3 is 2.52 bits per heavy atom. The minimum absolute atomic E-state index is 0.0999. The molecule has 3 rings (SSSR count). The Hall–Kier alpha value is -2.03. The molecule has 0 spiro atoms. The molecule has 0 unspecified atom stereocenters. The van der Waals surface area contributed by atoms with Crippen LogP contribution in [-0.4, -0.2) is 30.0 Å². The molecule has 2 aromatic carbocycles. The molecule has 0 bridgehead atoms. The van der Waals surface area contributed by atoms with E-state index in [1.165, 1.54) is 11.8 Å². The Labute approximate surface area is 125 Å². The Balaban J connectivity index is 1.70. The minimum atomic E-state index is -0.427. The first-order valence-corrected chi connectivity index (χ1v) is 7.68. The molecule has 1 saturated heterocycles. The zero-order valence-electron chi connectivity index (χ0n) is 12.4. The summed E-state index contributed by atoms with van der Waals surface area (Å²) in [5.74, 6) is 0.856. The Morgan fingerprint density at radius 2 is 1.76 bits per heavy atom. The molecule has 1 aliphatic rings. The summed E-state index contributed by atoms with van der Waals surface area (Å²) in [7, 11) is 0. The molecule has 1 heterocycles. The molecule has 1 amide bonds. The van der Waals surface area contributed by atoms with E-state index in [9.17, 15) is 4.79 Å². The zero-order valence-corrected chi connectivity index (χ0v) is 12.4. The number of carbonyl (C=O) groups excluding carboxylic acids is 1. The van der Waals surface area contributed by atoms with Gasteiger partial charge in [0, 0.05) is 13.1 Å². The SMILES string of the molecule is C[C@@H](Oc1ccc2ccccc2c1)C(=O)N1CCCCC1. The number of likely N-dealkylation sites (tertiary alicyclic amines) is 1. The van der Waals surface area contributed by atoms with Crippen molar-refractivity contribution >= 4 is 16.7 Å². The highest BCUT2D eigenvalue weighted by Crippen LogP contribution is 2.22. The third-order valence-electron chi connectivity index (χ3n) is 4.05. The van der Waals surface area contributed by atoms with E-state index in [4.69, 9.17) is 4.74 Å². The van der Waals surface area contributed by atoms with Crippen LogP contribution in [0, 0.1) is 0 Å². The number of rotatable bonds is 3. The molecule has 3 nitrogen and oxygen atoms in total. The molecule has 1 aliphatic heterocycles. The lowest BCUT2D eigenvalue weighted by Gasteiger charge is -2.29. The molecule has 0 saturated carbocycles. The molecule has 2 aromatic rings. The predicted molar refractivity (Wildman–Crippen MR) is 84.5 cm³/mol. The van der Waals surface area contributed by atoms with Crippen LogP contribution in [0.3, 0.4) is 0 Å². The van der Waals surface area contributed by atoms with Gasteiger partial charge in [-0.15, -0.1) is 0 Å². The minimum Gasteiger partial charge on any atom is -0.481 e. The summed E-state index contributed by atoms with van der Waals surface area (Å²) >= 11 is 0. The van der Waals surface area contributed by atoms with Crippen molar-refractivity contribution in [3.8, 4) is 5.75 Å². The largest absolute Gasteiger partial charge is 0.481 e. The van der Waals surface area contributed by atoms with Gasteiger partial charge < -0.3 is 9.64 Å². The number of hydrogen-bond acceptors (Lipinski definition) is 2. The van der Waals surface area contributed by atoms with Gasteiger partial charge in [0.1, 0.15) is 5.75 Å². The molecular formula is C18H21NO2. The Morgan fingerprint density at radius 1 is 1.05 bits per heavy atom. The van der Waals surface area contributed by atoms with Crippen molar-refractivity contribution in [1.82, 2.24) is 4.90 Å². The smallest absolute Gasteiger partial charge is 0.263 e. The van der Waals surface area contributed by atoms with Crippen molar-refractivity contribution in [1.29, 1.82) is 0 Å². The molecule has 110 valence electrons. The number of fused-ring (bicyclic) bond motifs is 1. The van der Waals surface area contributed by atoms with Crippen LogP contribution < -0.4 is 4.74 Å². The molecule has 1 fully saturated rings. The molecule has 0 N–H and O–H groups in total. The normalized spacial score (nSPS) is 16.7. The number of carbonyl (C=O) groups is 1. The van der Waals surface area contributed by atoms with Crippen molar-refractivity contribution < 1.29 is 9.53 Å². The number of ether oxygens (including phenoxy) is 1. The van der Waals surface area contributed by atoms with E-state index < -0.39 is 6.10 Å². The first kappa shape index (κ1) is 13.9. The van der Waals surface area contributed by atoms with Crippen molar-refractivity contribution in [2.45, 2.75) is 32.3 Å². The predicted octanol–water partition coefficient (Wildman–Crippen LogP) is 3.62. The lowest BCUT2D eigenvalue weighted by atomic mass is 10.1. The van der Waals surface area contributed by atoms with Crippen molar-refractivity contribution in [2.75, 3.05) is 13.1 Å². The van der Waals surface area contributed by atoms with E-state index in [0.29, 0.717) is 0 Å². The van der Waals surface area contributed by atoms with Crippen LogP contribution in [0.5, 0.6) is 5.75 Å². The fourth-order valence-corrected chi connectivity index (χ4v) is 2.87. The highest BCUT2D eigenvalue weighted by molar-refractivity contribution is 5.84. The van der Waals surface area contributed by atoms with Crippen molar-refractivity contribution in [2.24, 2.45) is 0 Å². The molecular weight excluding hydrogens is 262 g/mol. The van der Waals surface area contributed by atoms with Gasteiger partial charge in [0.15, 0.2) is 6.10 Å². The summed E-state index contributed by atoms with van der Waals surface area (Å²) < 4.78 is 5.85. The number of nitrogens with zero attached hydrogens (tertiary/aromatic N) is 1. The standard InChI is InChI=1S/C18H21NO2/c1-14(18(20)19-11-5-2-6-12-19)21-17-10-9-15-7-3-4-8-16(15)13-17/h3-4,7-10,13-14H,2,5-6,11-12H2,1H3/t14-/m1/s1. The second-order valence-corrected chi connectivity index (χ2v) is 5.65. The van der Waals surface area contributed by atoms with Crippen molar-refractivity contribution in [3.63, 3.8) is 0 Å². The van der Waals surface area contributed by atoms with Gasteiger partial charge in [-0.1, -0.05) is 30.3 Å². The van der Waals surface area contributed by atoms with Gasteiger partial charge in [0.05, 0.1) is 0 Å². The highest BCUT2D eigenvalue weighted by atomic mass is 16.5. The first-order valence-electron chi connectivity index (χ1n) is 7.68. The second kappa shape index (κ2) is 6.17. The van der Waals surface area contributed by atoms with E-state index in [1.807, 2.05) is 42.2 Å². The van der Waals surface area contributed by atoms with Crippen LogP contribution in [0.15, 0.2) is 42.5 Å². The lowest BCUT2D eigenvalue weighted by molar-refractivity contribution is -0.138. The Kier molecular flexibility index (Phi) is 4.09. The summed E-state index contributed by atoms with van der Waals surface area (Å²) in [4.78, 5) is 14.3. The first-order chi connectivity index (χ1) is 10.2. The van der Waals surface area contributed by atoms with Gasteiger partial charge in [0.2, 0.25) is 0 Å². The highest BCUT2D eigenvalue weighted by Gasteiger charge is 2.23. The summed E-state index contributed by atoms with van der Waals surface area (Å²) in [5.41, 5.74) is 0. The van der Waals surface area contributed by atoms with Gasteiger partial charge in [0.25, 0.3) is 5.91 Å². The van der Waals surface area contributed by atoms with E-state index >= 15 is 0 Å². The number of amides is 1. The molecule has 3 heteroatoms. The van der Waals surface area contributed by atoms with Gasteiger partial charge in [-0.3, -0.25) is 4.79 Å². The number of hydrogen-bond donors (Lipinski definition) is 0. The maximum Gasteiger partial charge on any atom is 0.263 e. The lowest BCUT2D eigenvalue weighted by Crippen LogP contribution is -2.43. The van der Waals surface area contributed by atoms with Crippen LogP contribution in [0.2, 0.25) is 0 Å². The van der Waals surface area contributed by atoms with Crippen molar-refractivity contribution in [3.05, 3.63) is 42.5 Å². The van der Waals surface area contributed by atoms with Crippen LogP contribution in [0.25, 0.3) is 10.8 Å². The topological polar surface area (TPSA) is 29.5 Å². The van der Waals surface area contributed by atoms with E-state index in [2.05, 4.69) is 12.1 Å². The molecule has 0 aliphatic carbocycles. The number of piperidine rings is 1. The van der Waals surface area contributed by atoms with Crippen LogP contribution in [0.4, 0.5) is 0 Å². The fourth-order valence-electron chi connectivity index (χ4n) is 2.87. The van der Waals surface area contributed by atoms with Gasteiger partial charge in [-0.2, -0.15) is 0 Å². The summed E-state index contributed by atoms with van der Waals surface area (Å²) in [6, 6.07) is 14.1. The summed E-state index contributed by atoms with van der Waals surface area (Å²) in [5, 5.41) is 2.31. The maximum absolute atomic E-state index is 12.4. The van der Waals surface area contributed by atoms with Crippen LogP contribution >= 0.6 is 0 Å². The number of benzene rings is 2.